The first-order valence-electron chi connectivity index (χ1n) is 5.88. The first-order valence-corrected chi connectivity index (χ1v) is 7.05. The van der Waals surface area contributed by atoms with Crippen LogP contribution in [0, 0.1) is 0 Å². The monoisotopic (exact) mass is 353 g/mol. The summed E-state index contributed by atoms with van der Waals surface area (Å²) in [4.78, 5) is 17.9. The summed E-state index contributed by atoms with van der Waals surface area (Å²) in [6.07, 6.45) is 1.56. The SMILES string of the molecule is CN(Cc1ccc(Cl)cc1)C(=O)c1cc(Br)cnc1N. The second-order valence-corrected chi connectivity index (χ2v) is 5.73. The van der Waals surface area contributed by atoms with Gasteiger partial charge < -0.3 is 10.6 Å². The van der Waals surface area contributed by atoms with Crippen molar-refractivity contribution in [3.63, 3.8) is 0 Å². The zero-order valence-electron chi connectivity index (χ0n) is 10.8. The van der Waals surface area contributed by atoms with Crippen molar-refractivity contribution in [2.45, 2.75) is 6.54 Å². The normalized spacial score (nSPS) is 10.3. The summed E-state index contributed by atoms with van der Waals surface area (Å²) >= 11 is 9.12. The Hall–Kier alpha value is -1.59. The van der Waals surface area contributed by atoms with Gasteiger partial charge in [-0.3, -0.25) is 4.79 Å². The molecule has 0 unspecified atom stereocenters. The fraction of sp³-hybridized carbons (Fsp3) is 0.143. The number of nitrogens with two attached hydrogens (primary N) is 1. The molecular weight excluding hydrogens is 342 g/mol. The fourth-order valence-corrected chi connectivity index (χ4v) is 2.22. The third kappa shape index (κ3) is 3.49. The van der Waals surface area contributed by atoms with E-state index in [1.807, 2.05) is 12.1 Å². The topological polar surface area (TPSA) is 59.2 Å². The first-order chi connectivity index (χ1) is 9.47. The zero-order chi connectivity index (χ0) is 14.7. The lowest BCUT2D eigenvalue weighted by molar-refractivity contribution is 0.0785. The number of halogens is 2. The lowest BCUT2D eigenvalue weighted by Crippen LogP contribution is -2.27. The lowest BCUT2D eigenvalue weighted by Gasteiger charge is -2.18. The maximum atomic E-state index is 12.3. The smallest absolute Gasteiger partial charge is 0.257 e. The van der Waals surface area contributed by atoms with Crippen molar-refractivity contribution in [2.24, 2.45) is 0 Å². The molecule has 0 radical (unpaired) electrons. The van der Waals surface area contributed by atoms with Crippen LogP contribution in [0.25, 0.3) is 0 Å². The summed E-state index contributed by atoms with van der Waals surface area (Å²) in [5.74, 6) is 0.0485. The van der Waals surface area contributed by atoms with Crippen molar-refractivity contribution in [1.82, 2.24) is 9.88 Å². The summed E-state index contributed by atoms with van der Waals surface area (Å²) in [7, 11) is 1.72. The van der Waals surface area contributed by atoms with Crippen LogP contribution < -0.4 is 5.73 Å². The molecule has 20 heavy (non-hydrogen) atoms. The van der Waals surface area contributed by atoms with Gasteiger partial charge in [-0.2, -0.15) is 0 Å². The Labute approximate surface area is 130 Å². The number of amides is 1. The third-order valence-corrected chi connectivity index (χ3v) is 3.48. The number of pyridine rings is 1. The van der Waals surface area contributed by atoms with E-state index in [1.54, 1.807) is 36.3 Å². The van der Waals surface area contributed by atoms with E-state index in [9.17, 15) is 4.79 Å². The van der Waals surface area contributed by atoms with Crippen LogP contribution in [-0.4, -0.2) is 22.8 Å². The largest absolute Gasteiger partial charge is 0.383 e. The highest BCUT2D eigenvalue weighted by Crippen LogP contribution is 2.18. The van der Waals surface area contributed by atoms with E-state index >= 15 is 0 Å². The molecule has 1 aromatic carbocycles. The Morgan fingerprint density at radius 3 is 2.70 bits per heavy atom. The summed E-state index contributed by atoms with van der Waals surface area (Å²) in [5, 5.41) is 0.670. The van der Waals surface area contributed by atoms with Crippen molar-refractivity contribution < 1.29 is 4.79 Å². The van der Waals surface area contributed by atoms with E-state index in [0.717, 1.165) is 10.0 Å². The zero-order valence-corrected chi connectivity index (χ0v) is 13.1. The molecule has 6 heteroatoms. The van der Waals surface area contributed by atoms with Crippen molar-refractivity contribution in [3.05, 3.63) is 57.2 Å². The summed E-state index contributed by atoms with van der Waals surface area (Å²) in [5.41, 5.74) is 7.12. The molecule has 1 aromatic heterocycles. The Bertz CT molecular complexity index is 631. The number of hydrogen-bond acceptors (Lipinski definition) is 3. The highest BCUT2D eigenvalue weighted by atomic mass is 79.9. The highest BCUT2D eigenvalue weighted by molar-refractivity contribution is 9.10. The maximum Gasteiger partial charge on any atom is 0.257 e. The van der Waals surface area contributed by atoms with E-state index in [1.165, 1.54) is 0 Å². The van der Waals surface area contributed by atoms with Gasteiger partial charge in [-0.15, -0.1) is 0 Å². The number of rotatable bonds is 3. The minimum absolute atomic E-state index is 0.175. The van der Waals surface area contributed by atoms with Gasteiger partial charge in [0.25, 0.3) is 5.91 Å². The molecule has 0 aliphatic rings. The van der Waals surface area contributed by atoms with Crippen LogP contribution in [0.15, 0.2) is 41.0 Å². The van der Waals surface area contributed by atoms with Gasteiger partial charge in [-0.25, -0.2) is 4.98 Å². The van der Waals surface area contributed by atoms with Gasteiger partial charge in [-0.1, -0.05) is 23.7 Å². The van der Waals surface area contributed by atoms with E-state index < -0.39 is 0 Å². The Balaban J connectivity index is 2.16. The number of benzene rings is 1. The van der Waals surface area contributed by atoms with Gasteiger partial charge in [0.2, 0.25) is 0 Å². The number of carbonyl (C=O) groups is 1. The van der Waals surface area contributed by atoms with Crippen LogP contribution >= 0.6 is 27.5 Å². The molecule has 104 valence electrons. The summed E-state index contributed by atoms with van der Waals surface area (Å²) in [6.45, 7) is 0.474. The second-order valence-electron chi connectivity index (χ2n) is 4.37. The number of aromatic nitrogens is 1. The molecule has 2 rings (SSSR count). The Kier molecular flexibility index (Phi) is 4.62. The maximum absolute atomic E-state index is 12.3. The van der Waals surface area contributed by atoms with Gasteiger partial charge >= 0.3 is 0 Å². The van der Waals surface area contributed by atoms with Crippen molar-refractivity contribution in [1.29, 1.82) is 0 Å². The average Bonchev–Trinajstić information content (AvgIpc) is 2.43. The van der Waals surface area contributed by atoms with E-state index in [-0.39, 0.29) is 11.7 Å². The van der Waals surface area contributed by atoms with Crippen LogP contribution in [0.3, 0.4) is 0 Å². The standard InChI is InChI=1S/C14H13BrClN3O/c1-19(8-9-2-4-11(16)5-3-9)14(20)12-6-10(15)7-18-13(12)17/h2-7H,8H2,1H3,(H2,17,18). The van der Waals surface area contributed by atoms with Gasteiger partial charge in [0.1, 0.15) is 5.82 Å². The molecule has 0 aliphatic heterocycles. The molecule has 1 heterocycles. The third-order valence-electron chi connectivity index (χ3n) is 2.80. The molecule has 2 N–H and O–H groups in total. The first kappa shape index (κ1) is 14.8. The predicted octanol–water partition coefficient (Wildman–Crippen LogP) is 3.35. The quantitative estimate of drug-likeness (QED) is 0.919. The minimum Gasteiger partial charge on any atom is -0.383 e. The molecule has 1 amide bonds. The van der Waals surface area contributed by atoms with Gasteiger partial charge in [0, 0.05) is 29.3 Å². The van der Waals surface area contributed by atoms with Crippen LogP contribution in [0.4, 0.5) is 5.82 Å². The molecule has 0 bridgehead atoms. The number of anilines is 1. The Morgan fingerprint density at radius 2 is 2.05 bits per heavy atom. The minimum atomic E-state index is -0.175. The molecule has 4 nitrogen and oxygen atoms in total. The second kappa shape index (κ2) is 6.24. The van der Waals surface area contributed by atoms with E-state index in [4.69, 9.17) is 17.3 Å². The van der Waals surface area contributed by atoms with Gasteiger partial charge in [0.05, 0.1) is 5.56 Å². The van der Waals surface area contributed by atoms with Crippen LogP contribution in [0.5, 0.6) is 0 Å². The van der Waals surface area contributed by atoms with Crippen LogP contribution in [0.1, 0.15) is 15.9 Å². The Morgan fingerprint density at radius 1 is 1.40 bits per heavy atom. The number of carbonyl (C=O) groups excluding carboxylic acids is 1. The molecule has 0 fully saturated rings. The van der Waals surface area contributed by atoms with Crippen molar-refractivity contribution in [2.75, 3.05) is 12.8 Å². The molecule has 0 atom stereocenters. The number of nitrogen functional groups attached to an aromatic ring is 1. The van der Waals surface area contributed by atoms with Crippen LogP contribution in [0.2, 0.25) is 5.02 Å². The number of hydrogen-bond donors (Lipinski definition) is 1. The average molecular weight is 355 g/mol. The number of nitrogens with zero attached hydrogens (tertiary/aromatic N) is 2. The van der Waals surface area contributed by atoms with Crippen LogP contribution in [-0.2, 0) is 6.54 Å². The van der Waals surface area contributed by atoms with E-state index in [0.29, 0.717) is 17.1 Å². The predicted molar refractivity (Wildman–Crippen MR) is 83.6 cm³/mol. The molecule has 0 spiro atoms. The molecule has 2 aromatic rings. The van der Waals surface area contributed by atoms with Gasteiger partial charge in [-0.05, 0) is 39.7 Å². The van der Waals surface area contributed by atoms with Crippen molar-refractivity contribution in [3.8, 4) is 0 Å². The molecule has 0 saturated carbocycles. The summed E-state index contributed by atoms with van der Waals surface area (Å²) in [6, 6.07) is 9.03. The summed E-state index contributed by atoms with van der Waals surface area (Å²) < 4.78 is 0.718. The van der Waals surface area contributed by atoms with E-state index in [2.05, 4.69) is 20.9 Å². The molecule has 0 saturated heterocycles. The molecule has 0 aliphatic carbocycles. The lowest BCUT2D eigenvalue weighted by atomic mass is 10.2. The molecular formula is C14H13BrClN3O. The van der Waals surface area contributed by atoms with Gasteiger partial charge in [0.15, 0.2) is 0 Å². The fourth-order valence-electron chi connectivity index (χ4n) is 1.76. The van der Waals surface area contributed by atoms with Crippen molar-refractivity contribution >= 4 is 39.3 Å². The highest BCUT2D eigenvalue weighted by Gasteiger charge is 2.16.